The number of rotatable bonds is 6. The van der Waals surface area contributed by atoms with Crippen LogP contribution in [0.3, 0.4) is 0 Å². The molecule has 0 aliphatic heterocycles. The van der Waals surface area contributed by atoms with E-state index in [9.17, 15) is 4.79 Å². The summed E-state index contributed by atoms with van der Waals surface area (Å²) in [7, 11) is 0. The second kappa shape index (κ2) is 8.38. The van der Waals surface area contributed by atoms with E-state index in [2.05, 4.69) is 46.8 Å². The molecule has 0 bridgehead atoms. The van der Waals surface area contributed by atoms with Crippen LogP contribution in [0, 0.1) is 0 Å². The fraction of sp³-hybridized carbons (Fsp3) is 0.480. The molecule has 0 aromatic heterocycles. The molecule has 3 heteroatoms. The van der Waals surface area contributed by atoms with Crippen LogP contribution in [-0.4, -0.2) is 17.7 Å². The molecule has 0 saturated heterocycles. The third-order valence-electron chi connectivity index (χ3n) is 5.73. The van der Waals surface area contributed by atoms with Crippen LogP contribution in [0.4, 0.5) is 0 Å². The number of benzene rings is 1. The average Bonchev–Trinajstić information content (AvgIpc) is 2.58. The summed E-state index contributed by atoms with van der Waals surface area (Å²) in [5, 5.41) is 8.83. The number of fused-ring (bicyclic) bond motifs is 1. The predicted molar refractivity (Wildman–Crippen MR) is 117 cm³/mol. The van der Waals surface area contributed by atoms with Gasteiger partial charge in [0.1, 0.15) is 5.75 Å². The lowest BCUT2D eigenvalue weighted by Crippen LogP contribution is -2.34. The molecule has 1 aliphatic carbocycles. The average molecular weight is 383 g/mol. The molecule has 1 aromatic carbocycles. The lowest BCUT2D eigenvalue weighted by Gasteiger charge is -2.42. The zero-order chi connectivity index (χ0) is 21.1. The molecule has 2 rings (SSSR count). The Labute approximate surface area is 169 Å². The van der Waals surface area contributed by atoms with Crippen molar-refractivity contribution in [3.05, 3.63) is 58.7 Å². The van der Waals surface area contributed by atoms with E-state index < -0.39 is 5.97 Å². The minimum atomic E-state index is -0.930. The Morgan fingerprint density at radius 1 is 1.11 bits per heavy atom. The van der Waals surface area contributed by atoms with Crippen molar-refractivity contribution in [1.29, 1.82) is 0 Å². The van der Waals surface area contributed by atoms with Gasteiger partial charge in [-0.3, -0.25) is 0 Å². The Hall–Kier alpha value is -2.29. The van der Waals surface area contributed by atoms with Crippen molar-refractivity contribution in [2.45, 2.75) is 72.1 Å². The highest BCUT2D eigenvalue weighted by Gasteiger charge is 2.38. The molecular formula is C25H34O3. The van der Waals surface area contributed by atoms with Gasteiger partial charge >= 0.3 is 5.97 Å². The number of aliphatic carboxylic acids is 1. The first-order chi connectivity index (χ1) is 13.0. The van der Waals surface area contributed by atoms with E-state index in [0.29, 0.717) is 12.2 Å². The molecule has 0 heterocycles. The Bertz CT molecular complexity index is 836. The van der Waals surface area contributed by atoms with Crippen LogP contribution in [0.1, 0.15) is 78.0 Å². The largest absolute Gasteiger partial charge is 0.493 e. The van der Waals surface area contributed by atoms with Gasteiger partial charge in [-0.05, 0) is 78.8 Å². The maximum Gasteiger partial charge on any atom is 0.328 e. The van der Waals surface area contributed by atoms with Gasteiger partial charge in [0.05, 0.1) is 6.61 Å². The van der Waals surface area contributed by atoms with E-state index in [0.717, 1.165) is 16.9 Å². The number of allylic oxidation sites excluding steroid dienone is 5. The van der Waals surface area contributed by atoms with Crippen molar-refractivity contribution in [3.8, 4) is 5.75 Å². The molecular weight excluding hydrogens is 348 g/mol. The van der Waals surface area contributed by atoms with Gasteiger partial charge in [0.25, 0.3) is 0 Å². The minimum absolute atomic E-state index is 0.140. The molecule has 3 nitrogen and oxygen atoms in total. The molecule has 0 radical (unpaired) electrons. The van der Waals surface area contributed by atoms with Crippen molar-refractivity contribution in [2.75, 3.05) is 6.61 Å². The zero-order valence-electron chi connectivity index (χ0n) is 18.3. The Morgan fingerprint density at radius 3 is 2.21 bits per heavy atom. The number of ether oxygens (including phenoxy) is 1. The van der Waals surface area contributed by atoms with E-state index in [1.165, 1.54) is 30.0 Å². The molecule has 1 aromatic rings. The number of carboxylic acids is 1. The maximum absolute atomic E-state index is 10.8. The van der Waals surface area contributed by atoms with Crippen LogP contribution in [0.2, 0.25) is 0 Å². The summed E-state index contributed by atoms with van der Waals surface area (Å²) in [5.74, 6) is -0.00649. The molecule has 28 heavy (non-hydrogen) atoms. The monoisotopic (exact) mass is 382 g/mol. The molecule has 1 N–H and O–H groups in total. The van der Waals surface area contributed by atoms with Gasteiger partial charge in [-0.1, -0.05) is 45.9 Å². The number of hydrogen-bond donors (Lipinski definition) is 1. The third-order valence-corrected chi connectivity index (χ3v) is 5.73. The van der Waals surface area contributed by atoms with E-state index >= 15 is 0 Å². The van der Waals surface area contributed by atoms with Crippen LogP contribution >= 0.6 is 0 Å². The summed E-state index contributed by atoms with van der Waals surface area (Å²) in [4.78, 5) is 10.8. The summed E-state index contributed by atoms with van der Waals surface area (Å²) in [6.07, 6.45) is 9.27. The fourth-order valence-corrected chi connectivity index (χ4v) is 3.85. The van der Waals surface area contributed by atoms with Gasteiger partial charge in [0.2, 0.25) is 0 Å². The van der Waals surface area contributed by atoms with Gasteiger partial charge in [0, 0.05) is 11.6 Å². The van der Waals surface area contributed by atoms with Crippen molar-refractivity contribution in [1.82, 2.24) is 0 Å². The summed E-state index contributed by atoms with van der Waals surface area (Å²) < 4.78 is 6.01. The smallest absolute Gasteiger partial charge is 0.328 e. The second-order valence-electron chi connectivity index (χ2n) is 9.03. The first kappa shape index (κ1) is 22.0. The molecule has 152 valence electrons. The lowest BCUT2D eigenvalue weighted by atomic mass is 9.62. The van der Waals surface area contributed by atoms with E-state index in [1.807, 2.05) is 25.2 Å². The minimum Gasteiger partial charge on any atom is -0.493 e. The van der Waals surface area contributed by atoms with Crippen molar-refractivity contribution in [3.63, 3.8) is 0 Å². The van der Waals surface area contributed by atoms with E-state index in [-0.39, 0.29) is 10.8 Å². The van der Waals surface area contributed by atoms with Crippen LogP contribution in [0.5, 0.6) is 5.75 Å². The molecule has 0 spiro atoms. The highest BCUT2D eigenvalue weighted by atomic mass is 16.5. The number of carboxylic acid groups (broad SMARTS) is 1. The standard InChI is InChI=1S/C25H34O3/c1-8-28-22-16-21-20(24(4,5)12-13-25(21,6)7)15-19(22)18(3)11-9-10-17(2)14-23(26)27/h9-11,14-16H,8,12-13H2,1-7H3,(H,26,27)/b10-9+,17-14+,18-11-. The van der Waals surface area contributed by atoms with Crippen molar-refractivity contribution in [2.24, 2.45) is 0 Å². The van der Waals surface area contributed by atoms with Gasteiger partial charge in [0.15, 0.2) is 0 Å². The Kier molecular flexibility index (Phi) is 6.59. The summed E-state index contributed by atoms with van der Waals surface area (Å²) in [6.45, 7) is 15.8. The quantitative estimate of drug-likeness (QED) is 0.456. The number of hydrogen-bond acceptors (Lipinski definition) is 2. The normalized spacial score (nSPS) is 18.8. The summed E-state index contributed by atoms with van der Waals surface area (Å²) >= 11 is 0. The van der Waals surface area contributed by atoms with Crippen molar-refractivity contribution < 1.29 is 14.6 Å². The topological polar surface area (TPSA) is 46.5 Å². The highest BCUT2D eigenvalue weighted by molar-refractivity contribution is 5.81. The molecule has 1 aliphatic rings. The predicted octanol–water partition coefficient (Wildman–Crippen LogP) is 6.42. The third kappa shape index (κ3) is 4.95. The van der Waals surface area contributed by atoms with Gasteiger partial charge < -0.3 is 9.84 Å². The summed E-state index contributed by atoms with van der Waals surface area (Å²) in [6, 6.07) is 4.55. The highest BCUT2D eigenvalue weighted by Crippen LogP contribution is 2.48. The van der Waals surface area contributed by atoms with E-state index in [4.69, 9.17) is 9.84 Å². The first-order valence-electron chi connectivity index (χ1n) is 10.1. The molecule has 0 fully saturated rings. The van der Waals surface area contributed by atoms with Crippen LogP contribution in [0.25, 0.3) is 5.57 Å². The van der Waals surface area contributed by atoms with E-state index in [1.54, 1.807) is 6.92 Å². The van der Waals surface area contributed by atoms with Gasteiger partial charge in [-0.2, -0.15) is 0 Å². The molecule has 0 saturated carbocycles. The molecule has 0 unspecified atom stereocenters. The Balaban J connectivity index is 2.53. The number of carbonyl (C=O) groups is 1. The zero-order valence-corrected chi connectivity index (χ0v) is 18.3. The van der Waals surface area contributed by atoms with Crippen LogP contribution < -0.4 is 4.74 Å². The SMILES string of the molecule is CCOc1cc2c(cc1\C(C)=C/C=C/C(C)=C/C(=O)O)C(C)(C)CCC2(C)C. The van der Waals surface area contributed by atoms with Crippen molar-refractivity contribution >= 4 is 11.5 Å². The second-order valence-corrected chi connectivity index (χ2v) is 9.03. The molecule has 0 atom stereocenters. The first-order valence-corrected chi connectivity index (χ1v) is 10.1. The van der Waals surface area contributed by atoms with Crippen LogP contribution in [0.15, 0.2) is 42.0 Å². The van der Waals surface area contributed by atoms with Gasteiger partial charge in [-0.25, -0.2) is 4.79 Å². The van der Waals surface area contributed by atoms with Gasteiger partial charge in [-0.15, -0.1) is 0 Å². The Morgan fingerprint density at radius 2 is 1.68 bits per heavy atom. The lowest BCUT2D eigenvalue weighted by molar-refractivity contribution is -0.131. The fourth-order valence-electron chi connectivity index (χ4n) is 3.85. The van der Waals surface area contributed by atoms with Crippen LogP contribution in [-0.2, 0) is 15.6 Å². The summed E-state index contributed by atoms with van der Waals surface area (Å²) in [5.41, 5.74) is 5.99. The molecule has 0 amide bonds. The maximum atomic E-state index is 10.8.